The average Bonchev–Trinajstić information content (AvgIpc) is 2.91. The summed E-state index contributed by atoms with van der Waals surface area (Å²) in [6.07, 6.45) is 7.05. The lowest BCUT2D eigenvalue weighted by Crippen LogP contribution is -2.38. The zero-order valence-corrected chi connectivity index (χ0v) is 29.1. The molecule has 5 heteroatoms. The van der Waals surface area contributed by atoms with Gasteiger partial charge < -0.3 is 14.8 Å². The van der Waals surface area contributed by atoms with E-state index in [9.17, 15) is 9.59 Å². The Morgan fingerprint density at radius 2 is 1.35 bits per heavy atom. The topological polar surface area (TPSA) is 72.5 Å². The first kappa shape index (κ1) is 41.4. The molecule has 1 N–H and O–H groups in total. The highest BCUT2D eigenvalue weighted by atomic mass is 16.5. The van der Waals surface area contributed by atoms with E-state index in [1.54, 1.807) is 12.2 Å². The Balaban J connectivity index is 0. The van der Waals surface area contributed by atoms with Crippen molar-refractivity contribution in [2.75, 3.05) is 0 Å². The summed E-state index contributed by atoms with van der Waals surface area (Å²) in [6.45, 7) is 29.0. The first-order chi connectivity index (χ1) is 19.9. The van der Waals surface area contributed by atoms with E-state index in [1.807, 2.05) is 78.8 Å². The highest BCUT2D eigenvalue weighted by Gasteiger charge is 2.16. The summed E-state index contributed by atoms with van der Waals surface area (Å²) in [7, 11) is 0. The van der Waals surface area contributed by atoms with E-state index in [2.05, 4.69) is 63.9 Å². The normalized spacial score (nSPS) is 12.0. The minimum atomic E-state index is -0.0775. The van der Waals surface area contributed by atoms with E-state index >= 15 is 0 Å². The summed E-state index contributed by atoms with van der Waals surface area (Å²) < 4.78 is 5.80. The number of aryl methyl sites for hydroxylation is 1. The first-order valence-electron chi connectivity index (χ1n) is 14.9. The molecule has 0 heterocycles. The number of Topliss-reactive ketones (excluding diaryl/α,β-unsaturated/α-hetero) is 1. The van der Waals surface area contributed by atoms with E-state index < -0.39 is 0 Å². The Morgan fingerprint density at radius 3 is 1.65 bits per heavy atom. The molecule has 2 rings (SSSR count). The number of allylic oxidation sites excluding steroid dienone is 5. The number of rotatable bonds is 7. The van der Waals surface area contributed by atoms with Crippen LogP contribution < -0.4 is 10.1 Å². The molecule has 0 saturated heterocycles. The van der Waals surface area contributed by atoms with Gasteiger partial charge in [-0.15, -0.1) is 0 Å². The second kappa shape index (κ2) is 21.0. The van der Waals surface area contributed by atoms with Crippen LogP contribution in [0.5, 0.6) is 11.5 Å². The van der Waals surface area contributed by atoms with E-state index in [4.69, 9.17) is 9.53 Å². The van der Waals surface area contributed by atoms with Crippen molar-refractivity contribution < 1.29 is 19.1 Å². The molecule has 0 aliphatic heterocycles. The van der Waals surface area contributed by atoms with Crippen molar-refractivity contribution in [2.45, 2.75) is 107 Å². The van der Waals surface area contributed by atoms with Crippen LogP contribution in [0.3, 0.4) is 0 Å². The molecule has 5 nitrogen and oxygen atoms in total. The quantitative estimate of drug-likeness (QED) is 0.198. The molecule has 0 saturated carbocycles. The number of hydrogen-bond acceptors (Lipinski definition) is 4. The van der Waals surface area contributed by atoms with Crippen molar-refractivity contribution in [3.63, 3.8) is 0 Å². The van der Waals surface area contributed by atoms with Crippen molar-refractivity contribution in [3.05, 3.63) is 95.6 Å². The van der Waals surface area contributed by atoms with Gasteiger partial charge in [0, 0.05) is 24.0 Å². The molecular formula is C38H57NO4. The fourth-order valence-corrected chi connectivity index (χ4v) is 3.43. The number of aldehydes is 1. The Hall–Kier alpha value is -3.73. The minimum Gasteiger partial charge on any atom is -0.457 e. The minimum absolute atomic E-state index is 0.0255. The molecule has 0 aromatic heterocycles. The van der Waals surface area contributed by atoms with Crippen molar-refractivity contribution in [1.29, 1.82) is 0 Å². The van der Waals surface area contributed by atoms with Crippen LogP contribution in [-0.4, -0.2) is 23.5 Å². The Bertz CT molecular complexity index is 1170. The van der Waals surface area contributed by atoms with Crippen LogP contribution in [0.1, 0.15) is 101 Å². The SMILES string of the molecule is C=C/C=C(C(=O)C(C)CC)\C(C)=C/C.CC(=O)NC(C)(C)C.CC=O.Cc1ccc(Oc2ccc(C(C)(C)C)cc2)cc1. The van der Waals surface area contributed by atoms with E-state index in [0.717, 1.165) is 35.4 Å². The summed E-state index contributed by atoms with van der Waals surface area (Å²) in [5.41, 5.74) is 4.48. The molecule has 1 unspecified atom stereocenters. The summed E-state index contributed by atoms with van der Waals surface area (Å²) in [6, 6.07) is 16.4. The first-order valence-corrected chi connectivity index (χ1v) is 14.9. The van der Waals surface area contributed by atoms with Gasteiger partial charge in [-0.25, -0.2) is 0 Å². The number of benzene rings is 2. The van der Waals surface area contributed by atoms with Crippen molar-refractivity contribution in [3.8, 4) is 11.5 Å². The molecule has 1 atom stereocenters. The van der Waals surface area contributed by atoms with Gasteiger partial charge in [0.2, 0.25) is 5.91 Å². The number of ketones is 1. The average molecular weight is 592 g/mol. The predicted octanol–water partition coefficient (Wildman–Crippen LogP) is 9.89. The van der Waals surface area contributed by atoms with Crippen LogP contribution in [0.25, 0.3) is 0 Å². The molecule has 238 valence electrons. The van der Waals surface area contributed by atoms with Gasteiger partial charge in [-0.05, 0) is 95.7 Å². The zero-order valence-electron chi connectivity index (χ0n) is 29.1. The summed E-state index contributed by atoms with van der Waals surface area (Å²) in [5, 5.41) is 2.74. The van der Waals surface area contributed by atoms with Crippen molar-refractivity contribution in [1.82, 2.24) is 5.32 Å². The number of carbonyl (C=O) groups is 3. The molecule has 0 aliphatic carbocycles. The van der Waals surface area contributed by atoms with Gasteiger partial charge in [-0.1, -0.05) is 89.3 Å². The maximum absolute atomic E-state index is 11.9. The largest absolute Gasteiger partial charge is 0.457 e. The van der Waals surface area contributed by atoms with Crippen LogP contribution in [0.2, 0.25) is 0 Å². The summed E-state index contributed by atoms with van der Waals surface area (Å²) >= 11 is 0. The van der Waals surface area contributed by atoms with Gasteiger partial charge in [0.25, 0.3) is 0 Å². The van der Waals surface area contributed by atoms with Crippen LogP contribution in [0.4, 0.5) is 0 Å². The molecule has 0 radical (unpaired) electrons. The van der Waals surface area contributed by atoms with Gasteiger partial charge in [0.05, 0.1) is 0 Å². The molecule has 2 aromatic carbocycles. The third-order valence-corrected chi connectivity index (χ3v) is 6.00. The van der Waals surface area contributed by atoms with Crippen molar-refractivity contribution in [2.24, 2.45) is 5.92 Å². The van der Waals surface area contributed by atoms with Gasteiger partial charge in [-0.2, -0.15) is 0 Å². The lowest BCUT2D eigenvalue weighted by molar-refractivity contribution is -0.120. The Labute approximate surface area is 262 Å². The lowest BCUT2D eigenvalue weighted by Gasteiger charge is -2.19. The number of ether oxygens (including phenoxy) is 1. The zero-order chi connectivity index (χ0) is 33.8. The van der Waals surface area contributed by atoms with Crippen LogP contribution in [0, 0.1) is 12.8 Å². The summed E-state index contributed by atoms with van der Waals surface area (Å²) in [5.74, 6) is 2.09. The smallest absolute Gasteiger partial charge is 0.217 e. The van der Waals surface area contributed by atoms with Crippen LogP contribution >= 0.6 is 0 Å². The Morgan fingerprint density at radius 1 is 0.907 bits per heavy atom. The molecule has 0 aliphatic rings. The molecule has 2 aromatic rings. The van der Waals surface area contributed by atoms with E-state index in [1.165, 1.54) is 25.0 Å². The molecule has 0 fully saturated rings. The monoisotopic (exact) mass is 591 g/mol. The van der Waals surface area contributed by atoms with Crippen molar-refractivity contribution >= 4 is 18.0 Å². The van der Waals surface area contributed by atoms with Gasteiger partial charge in [-0.3, -0.25) is 9.59 Å². The molecule has 1 amide bonds. The second-order valence-corrected chi connectivity index (χ2v) is 12.3. The standard InChI is InChI=1S/C17H20O.C13H20O.C6H13NO.C2H4O/c1-13-5-9-15(10-6-13)18-16-11-7-14(8-12-16)17(2,3)4;1-6-9-12(10(4)7-2)13(14)11(5)8-3;1-5(8)7-6(2,3)4;1-2-3/h5-12H,1-4H3;6-7,9,11H,1,8H2,2-5H3;1-4H3,(H,7,8);2H,1H3/b;10-7-,12-9+;;. The van der Waals surface area contributed by atoms with E-state index in [-0.39, 0.29) is 28.6 Å². The maximum Gasteiger partial charge on any atom is 0.217 e. The van der Waals surface area contributed by atoms with E-state index in [0.29, 0.717) is 0 Å². The molecule has 0 spiro atoms. The van der Waals surface area contributed by atoms with Gasteiger partial charge in [0.1, 0.15) is 17.8 Å². The molecule has 43 heavy (non-hydrogen) atoms. The predicted molar refractivity (Wildman–Crippen MR) is 184 cm³/mol. The Kier molecular flexibility index (Phi) is 20.3. The van der Waals surface area contributed by atoms with Gasteiger partial charge in [0.15, 0.2) is 5.78 Å². The number of carbonyl (C=O) groups excluding carboxylic acids is 3. The van der Waals surface area contributed by atoms with Crippen LogP contribution in [-0.2, 0) is 19.8 Å². The lowest BCUT2D eigenvalue weighted by atomic mass is 9.87. The molecule has 0 bridgehead atoms. The summed E-state index contributed by atoms with van der Waals surface area (Å²) in [4.78, 5) is 31.1. The maximum atomic E-state index is 11.9. The number of hydrogen-bond donors (Lipinski definition) is 1. The van der Waals surface area contributed by atoms with Crippen LogP contribution in [0.15, 0.2) is 84.5 Å². The highest BCUT2D eigenvalue weighted by Crippen LogP contribution is 2.27. The number of nitrogens with one attached hydrogen (secondary N) is 1. The third kappa shape index (κ3) is 19.9. The fraction of sp³-hybridized carbons (Fsp3) is 0.447. The number of amides is 1. The third-order valence-electron chi connectivity index (χ3n) is 6.00. The fourth-order valence-electron chi connectivity index (χ4n) is 3.43. The van der Waals surface area contributed by atoms with Gasteiger partial charge >= 0.3 is 0 Å². The second-order valence-electron chi connectivity index (χ2n) is 12.3. The molecular weight excluding hydrogens is 534 g/mol. The highest BCUT2D eigenvalue weighted by molar-refractivity contribution is 6.01.